The summed E-state index contributed by atoms with van der Waals surface area (Å²) in [6.45, 7) is 12.2. The molecule has 0 heterocycles. The van der Waals surface area contributed by atoms with Gasteiger partial charge in [0.25, 0.3) is 0 Å². The molecule has 0 aliphatic heterocycles. The van der Waals surface area contributed by atoms with Gasteiger partial charge in [0.15, 0.2) is 5.54 Å². The normalized spacial score (nSPS) is 15.2. The monoisotopic (exact) mass is 515 g/mol. The number of hydrogen-bond acceptors (Lipinski definition) is 6. The fourth-order valence-electron chi connectivity index (χ4n) is 4.65. The number of ether oxygens (including phenoxy) is 1. The molecule has 0 fully saturated rings. The summed E-state index contributed by atoms with van der Waals surface area (Å²) in [5.41, 5.74) is -2.20. The van der Waals surface area contributed by atoms with Crippen molar-refractivity contribution in [3.63, 3.8) is 0 Å². The zero-order valence-electron chi connectivity index (χ0n) is 22.9. The Labute approximate surface area is 218 Å². The van der Waals surface area contributed by atoms with E-state index in [9.17, 15) is 18.8 Å². The molecule has 1 amide bonds. The third kappa shape index (κ3) is 7.16. The highest BCUT2D eigenvalue weighted by atomic mass is 19.1. The van der Waals surface area contributed by atoms with Gasteiger partial charge < -0.3 is 9.53 Å². The van der Waals surface area contributed by atoms with E-state index >= 15 is 0 Å². The molecular formula is C29H38FNO6. The van der Waals surface area contributed by atoms with E-state index in [1.54, 1.807) is 45.0 Å². The van der Waals surface area contributed by atoms with Gasteiger partial charge in [0.1, 0.15) is 24.3 Å². The average Bonchev–Trinajstić information content (AvgIpc) is 2.81. The number of benzene rings is 2. The Hall–Kier alpha value is -3.26. The maximum absolute atomic E-state index is 14.1. The van der Waals surface area contributed by atoms with Crippen molar-refractivity contribution in [2.24, 2.45) is 11.3 Å². The van der Waals surface area contributed by atoms with Crippen LogP contribution in [-0.2, 0) is 30.7 Å². The summed E-state index contributed by atoms with van der Waals surface area (Å²) >= 11 is 0. The summed E-state index contributed by atoms with van der Waals surface area (Å²) in [6, 6.07) is 14.7. The lowest BCUT2D eigenvalue weighted by atomic mass is 9.60. The Morgan fingerprint density at radius 1 is 0.973 bits per heavy atom. The molecule has 202 valence electrons. The van der Waals surface area contributed by atoms with Gasteiger partial charge in [0.2, 0.25) is 0 Å². The van der Waals surface area contributed by atoms with Crippen molar-refractivity contribution in [2.75, 3.05) is 7.05 Å². The molecule has 3 atom stereocenters. The van der Waals surface area contributed by atoms with Gasteiger partial charge in [0.05, 0.1) is 0 Å². The van der Waals surface area contributed by atoms with Gasteiger partial charge in [-0.2, -0.15) is 4.89 Å². The second-order valence-corrected chi connectivity index (χ2v) is 11.3. The highest BCUT2D eigenvalue weighted by Crippen LogP contribution is 2.50. The molecule has 0 saturated heterocycles. The largest absolute Gasteiger partial charge is 0.444 e. The summed E-state index contributed by atoms with van der Waals surface area (Å²) in [4.78, 5) is 51.7. The van der Waals surface area contributed by atoms with Crippen molar-refractivity contribution in [3.05, 3.63) is 71.5 Å². The number of amides is 1. The van der Waals surface area contributed by atoms with E-state index < -0.39 is 46.3 Å². The quantitative estimate of drug-likeness (QED) is 0.229. The Balaban J connectivity index is 2.70. The van der Waals surface area contributed by atoms with Crippen LogP contribution in [-0.4, -0.2) is 41.4 Å². The van der Waals surface area contributed by atoms with Gasteiger partial charge in [-0.25, -0.2) is 14.0 Å². The first-order valence-corrected chi connectivity index (χ1v) is 12.2. The molecule has 7 nitrogen and oxygen atoms in total. The van der Waals surface area contributed by atoms with E-state index in [0.717, 1.165) is 10.5 Å². The topological polar surface area (TPSA) is 82.1 Å². The molecule has 0 aliphatic carbocycles. The third-order valence-electron chi connectivity index (χ3n) is 6.16. The number of carbonyl (C=O) groups is 3. The van der Waals surface area contributed by atoms with E-state index in [2.05, 4.69) is 0 Å². The average molecular weight is 516 g/mol. The Morgan fingerprint density at radius 3 is 2.03 bits per heavy atom. The van der Waals surface area contributed by atoms with E-state index in [1.165, 1.54) is 26.1 Å². The molecule has 0 spiro atoms. The van der Waals surface area contributed by atoms with Gasteiger partial charge in [-0.3, -0.25) is 9.79 Å². The summed E-state index contributed by atoms with van der Waals surface area (Å²) in [6.07, 6.45) is -0.223. The minimum atomic E-state index is -1.91. The van der Waals surface area contributed by atoms with Gasteiger partial charge in [0, 0.05) is 18.9 Å². The maximum Gasteiger partial charge on any atom is 0.411 e. The van der Waals surface area contributed by atoms with Crippen LogP contribution in [0.2, 0.25) is 0 Å². The second-order valence-electron chi connectivity index (χ2n) is 11.3. The van der Waals surface area contributed by atoms with Crippen molar-refractivity contribution < 1.29 is 33.3 Å². The summed E-state index contributed by atoms with van der Waals surface area (Å²) < 4.78 is 19.5. The number of aldehydes is 1. The number of rotatable bonds is 9. The van der Waals surface area contributed by atoms with Gasteiger partial charge in [-0.15, -0.1) is 0 Å². The number of carbonyl (C=O) groups excluding carboxylic acids is 3. The highest BCUT2D eigenvalue weighted by Gasteiger charge is 2.61. The van der Waals surface area contributed by atoms with Crippen LogP contribution in [0.1, 0.15) is 65.5 Å². The molecular weight excluding hydrogens is 477 g/mol. The number of nitrogens with zero attached hydrogens (tertiary/aromatic N) is 1. The second kappa shape index (κ2) is 11.9. The molecule has 2 aromatic rings. The SMILES string of the molecule is CC(C=O)[C@](C(=O)OOCc1ccccc1)(C(c1ccc(F)cc1)C(C)(C)C)N(C)C(=O)OC(C)(C)C. The molecule has 2 unspecified atom stereocenters. The van der Waals surface area contributed by atoms with Crippen LogP contribution >= 0.6 is 0 Å². The minimum Gasteiger partial charge on any atom is -0.444 e. The molecule has 2 rings (SSSR count). The lowest BCUT2D eigenvalue weighted by molar-refractivity contribution is -0.291. The minimum absolute atomic E-state index is 0.0367. The first kappa shape index (κ1) is 30.0. The van der Waals surface area contributed by atoms with Gasteiger partial charge >= 0.3 is 12.1 Å². The predicted octanol–water partition coefficient (Wildman–Crippen LogP) is 6.07. The predicted molar refractivity (Wildman–Crippen MR) is 138 cm³/mol. The van der Waals surface area contributed by atoms with Gasteiger partial charge in [-0.05, 0) is 49.4 Å². The number of hydrogen-bond donors (Lipinski definition) is 0. The molecule has 0 aromatic heterocycles. The summed E-state index contributed by atoms with van der Waals surface area (Å²) in [7, 11) is 1.40. The Morgan fingerprint density at radius 2 is 1.54 bits per heavy atom. The fourth-order valence-corrected chi connectivity index (χ4v) is 4.65. The zero-order chi connectivity index (χ0) is 28.0. The molecule has 2 aromatic carbocycles. The Kier molecular flexibility index (Phi) is 9.60. The van der Waals surface area contributed by atoms with Crippen LogP contribution in [0.3, 0.4) is 0 Å². The van der Waals surface area contributed by atoms with E-state index in [4.69, 9.17) is 14.5 Å². The van der Waals surface area contributed by atoms with Crippen LogP contribution in [0.4, 0.5) is 9.18 Å². The zero-order valence-corrected chi connectivity index (χ0v) is 22.9. The lowest BCUT2D eigenvalue weighted by Crippen LogP contribution is -2.66. The van der Waals surface area contributed by atoms with E-state index in [-0.39, 0.29) is 6.61 Å². The van der Waals surface area contributed by atoms with Crippen molar-refractivity contribution >= 4 is 18.3 Å². The summed E-state index contributed by atoms with van der Waals surface area (Å²) in [5.74, 6) is -3.29. The van der Waals surface area contributed by atoms with Crippen molar-refractivity contribution in [3.8, 4) is 0 Å². The third-order valence-corrected chi connectivity index (χ3v) is 6.16. The Bertz CT molecular complexity index is 1060. The van der Waals surface area contributed by atoms with Crippen LogP contribution in [0.25, 0.3) is 0 Å². The molecule has 0 aliphatic rings. The van der Waals surface area contributed by atoms with Crippen LogP contribution in [0, 0.1) is 17.2 Å². The van der Waals surface area contributed by atoms with Crippen LogP contribution in [0.5, 0.6) is 0 Å². The van der Waals surface area contributed by atoms with Gasteiger partial charge in [-0.1, -0.05) is 70.2 Å². The van der Waals surface area contributed by atoms with Crippen molar-refractivity contribution in [1.29, 1.82) is 0 Å². The maximum atomic E-state index is 14.1. The molecule has 0 radical (unpaired) electrons. The highest BCUT2D eigenvalue weighted by molar-refractivity contribution is 5.90. The van der Waals surface area contributed by atoms with E-state index in [1.807, 2.05) is 39.0 Å². The summed E-state index contributed by atoms with van der Waals surface area (Å²) in [5, 5.41) is 0. The number of halogens is 1. The standard InChI is InChI=1S/C29H38FNO6/c1-20(18-32)29(31(8)26(34)36-28(5,6)7,25(33)37-35-19-21-12-10-9-11-13-21)24(27(2,3)4)22-14-16-23(30)17-15-22/h9-18,20,24H,19H2,1-8H3/t20?,24?,29-/m1/s1. The molecule has 0 saturated carbocycles. The fraction of sp³-hybridized carbons (Fsp3) is 0.483. The van der Waals surface area contributed by atoms with E-state index in [0.29, 0.717) is 11.8 Å². The van der Waals surface area contributed by atoms with Crippen LogP contribution < -0.4 is 0 Å². The number of likely N-dealkylation sites (N-methyl/N-ethyl adjacent to an activating group) is 1. The smallest absolute Gasteiger partial charge is 0.411 e. The van der Waals surface area contributed by atoms with Crippen LogP contribution in [0.15, 0.2) is 54.6 Å². The first-order valence-electron chi connectivity index (χ1n) is 12.2. The molecule has 37 heavy (non-hydrogen) atoms. The molecule has 8 heteroatoms. The van der Waals surface area contributed by atoms with Crippen molar-refractivity contribution in [2.45, 2.75) is 72.1 Å². The first-order chi connectivity index (χ1) is 17.1. The molecule has 0 bridgehead atoms. The lowest BCUT2D eigenvalue weighted by Gasteiger charge is -2.51. The molecule has 0 N–H and O–H groups in total. The van der Waals surface area contributed by atoms with Crippen molar-refractivity contribution in [1.82, 2.24) is 4.90 Å².